The maximum Gasteiger partial charge on any atom is 0.305 e. The molecule has 0 spiro atoms. The van der Waals surface area contributed by atoms with Gasteiger partial charge in [0.2, 0.25) is 0 Å². The third-order valence-electron chi connectivity index (χ3n) is 2.93. The predicted molar refractivity (Wildman–Crippen MR) is 74.7 cm³/mol. The SMILES string of the molecule is CCCC(=O)OCC(C)(CCC)COC(=O)CCC. The van der Waals surface area contributed by atoms with Crippen LogP contribution < -0.4 is 0 Å². The van der Waals surface area contributed by atoms with E-state index >= 15 is 0 Å². The topological polar surface area (TPSA) is 52.6 Å². The van der Waals surface area contributed by atoms with Crippen molar-refractivity contribution < 1.29 is 19.1 Å². The van der Waals surface area contributed by atoms with E-state index < -0.39 is 0 Å². The van der Waals surface area contributed by atoms with Crippen LogP contribution in [0.15, 0.2) is 0 Å². The highest BCUT2D eigenvalue weighted by molar-refractivity contribution is 5.69. The molecule has 4 nitrogen and oxygen atoms in total. The van der Waals surface area contributed by atoms with Gasteiger partial charge in [-0.05, 0) is 19.3 Å². The quantitative estimate of drug-likeness (QED) is 0.571. The second-order valence-corrected chi connectivity index (χ2v) is 5.38. The number of hydrogen-bond donors (Lipinski definition) is 0. The van der Waals surface area contributed by atoms with Crippen LogP contribution in [0.4, 0.5) is 0 Å². The van der Waals surface area contributed by atoms with Gasteiger partial charge in [-0.25, -0.2) is 0 Å². The molecule has 0 aliphatic heterocycles. The largest absolute Gasteiger partial charge is 0.465 e. The summed E-state index contributed by atoms with van der Waals surface area (Å²) in [5.74, 6) is -0.352. The van der Waals surface area contributed by atoms with E-state index in [0.29, 0.717) is 26.1 Å². The molecule has 0 saturated carbocycles. The molecule has 0 heterocycles. The van der Waals surface area contributed by atoms with E-state index in [1.54, 1.807) is 0 Å². The molecule has 19 heavy (non-hydrogen) atoms. The van der Waals surface area contributed by atoms with E-state index in [1.165, 1.54) is 0 Å². The lowest BCUT2D eigenvalue weighted by atomic mass is 9.87. The Bertz CT molecular complexity index is 251. The van der Waals surface area contributed by atoms with Crippen LogP contribution in [0.2, 0.25) is 0 Å². The lowest BCUT2D eigenvalue weighted by molar-refractivity contribution is -0.153. The standard InChI is InChI=1S/C15H28O4/c1-5-8-13(16)18-11-15(4,10-7-3)12-19-14(17)9-6-2/h5-12H2,1-4H3. The molecule has 4 heteroatoms. The maximum absolute atomic E-state index is 11.4. The van der Waals surface area contributed by atoms with E-state index in [0.717, 1.165) is 25.7 Å². The monoisotopic (exact) mass is 272 g/mol. The lowest BCUT2D eigenvalue weighted by Gasteiger charge is -2.28. The van der Waals surface area contributed by atoms with Crippen molar-refractivity contribution in [3.8, 4) is 0 Å². The van der Waals surface area contributed by atoms with Crippen molar-refractivity contribution >= 4 is 11.9 Å². The summed E-state index contributed by atoms with van der Waals surface area (Å²) in [7, 11) is 0. The van der Waals surface area contributed by atoms with Crippen molar-refractivity contribution in [2.45, 2.75) is 66.2 Å². The Kier molecular flexibility index (Phi) is 9.27. The molecule has 0 saturated heterocycles. The highest BCUT2D eigenvalue weighted by Gasteiger charge is 2.27. The molecule has 0 bridgehead atoms. The van der Waals surface area contributed by atoms with Gasteiger partial charge < -0.3 is 9.47 Å². The number of rotatable bonds is 10. The summed E-state index contributed by atoms with van der Waals surface area (Å²) in [6.45, 7) is 8.59. The van der Waals surface area contributed by atoms with E-state index in [2.05, 4.69) is 6.92 Å². The predicted octanol–water partition coefficient (Wildman–Crippen LogP) is 3.48. The van der Waals surface area contributed by atoms with Gasteiger partial charge in [0.25, 0.3) is 0 Å². The number of carbonyl (C=O) groups is 2. The van der Waals surface area contributed by atoms with Gasteiger partial charge in [0.05, 0.1) is 13.2 Å². The van der Waals surface area contributed by atoms with Crippen LogP contribution in [0.5, 0.6) is 0 Å². The normalized spacial score (nSPS) is 11.2. The van der Waals surface area contributed by atoms with Crippen LogP contribution in [0.1, 0.15) is 66.2 Å². The summed E-state index contributed by atoms with van der Waals surface area (Å²) in [5.41, 5.74) is -0.276. The molecule has 0 amide bonds. The Morgan fingerprint density at radius 1 is 0.842 bits per heavy atom. The summed E-state index contributed by atoms with van der Waals surface area (Å²) >= 11 is 0. The fourth-order valence-corrected chi connectivity index (χ4v) is 1.85. The molecule has 0 radical (unpaired) electrons. The molecule has 0 aliphatic rings. The molecule has 0 atom stereocenters. The first-order chi connectivity index (χ1) is 8.97. The van der Waals surface area contributed by atoms with Gasteiger partial charge in [0.1, 0.15) is 0 Å². The minimum Gasteiger partial charge on any atom is -0.465 e. The maximum atomic E-state index is 11.4. The van der Waals surface area contributed by atoms with Gasteiger partial charge in [0.15, 0.2) is 0 Å². The highest BCUT2D eigenvalue weighted by Crippen LogP contribution is 2.24. The number of ether oxygens (including phenoxy) is 2. The van der Waals surface area contributed by atoms with Gasteiger partial charge in [-0.15, -0.1) is 0 Å². The number of hydrogen-bond acceptors (Lipinski definition) is 4. The molecule has 0 aromatic carbocycles. The Balaban J connectivity index is 4.24. The van der Waals surface area contributed by atoms with Crippen LogP contribution in [0.3, 0.4) is 0 Å². The molecule has 0 fully saturated rings. The smallest absolute Gasteiger partial charge is 0.305 e. The van der Waals surface area contributed by atoms with Crippen LogP contribution in [-0.4, -0.2) is 25.2 Å². The van der Waals surface area contributed by atoms with Crippen molar-refractivity contribution in [2.75, 3.05) is 13.2 Å². The highest BCUT2D eigenvalue weighted by atomic mass is 16.5. The molecule has 0 aliphatic carbocycles. The molecule has 112 valence electrons. The zero-order valence-corrected chi connectivity index (χ0v) is 12.8. The lowest BCUT2D eigenvalue weighted by Crippen LogP contribution is -2.31. The molecule has 0 aromatic rings. The van der Waals surface area contributed by atoms with Crippen molar-refractivity contribution in [2.24, 2.45) is 5.41 Å². The van der Waals surface area contributed by atoms with Crippen molar-refractivity contribution in [1.82, 2.24) is 0 Å². The first kappa shape index (κ1) is 17.9. The van der Waals surface area contributed by atoms with Gasteiger partial charge in [0, 0.05) is 18.3 Å². The van der Waals surface area contributed by atoms with Crippen LogP contribution in [-0.2, 0) is 19.1 Å². The van der Waals surface area contributed by atoms with E-state index in [-0.39, 0.29) is 17.4 Å². The second kappa shape index (κ2) is 9.82. The van der Waals surface area contributed by atoms with Crippen LogP contribution in [0.25, 0.3) is 0 Å². The van der Waals surface area contributed by atoms with Gasteiger partial charge in [-0.3, -0.25) is 9.59 Å². The molecule has 0 N–H and O–H groups in total. The molecule has 0 unspecified atom stereocenters. The van der Waals surface area contributed by atoms with Crippen LogP contribution in [0, 0.1) is 5.41 Å². The van der Waals surface area contributed by atoms with Gasteiger partial charge in [-0.1, -0.05) is 34.1 Å². The fourth-order valence-electron chi connectivity index (χ4n) is 1.85. The Morgan fingerprint density at radius 3 is 1.58 bits per heavy atom. The summed E-state index contributed by atoms with van der Waals surface area (Å²) < 4.78 is 10.5. The second-order valence-electron chi connectivity index (χ2n) is 5.38. The van der Waals surface area contributed by atoms with Gasteiger partial charge >= 0.3 is 11.9 Å². The Labute approximate surface area is 116 Å². The number of carbonyl (C=O) groups excluding carboxylic acids is 2. The van der Waals surface area contributed by atoms with Crippen molar-refractivity contribution in [3.05, 3.63) is 0 Å². The summed E-state index contributed by atoms with van der Waals surface area (Å²) in [5, 5.41) is 0. The minimum atomic E-state index is -0.276. The van der Waals surface area contributed by atoms with Crippen LogP contribution >= 0.6 is 0 Å². The Hall–Kier alpha value is -1.06. The summed E-state index contributed by atoms with van der Waals surface area (Å²) in [6, 6.07) is 0. The first-order valence-corrected chi connectivity index (χ1v) is 7.28. The zero-order chi connectivity index (χ0) is 14.7. The first-order valence-electron chi connectivity index (χ1n) is 7.28. The van der Waals surface area contributed by atoms with E-state index in [1.807, 2.05) is 20.8 Å². The summed E-state index contributed by atoms with van der Waals surface area (Å²) in [4.78, 5) is 22.8. The Morgan fingerprint density at radius 2 is 1.26 bits per heavy atom. The third-order valence-corrected chi connectivity index (χ3v) is 2.93. The number of esters is 2. The zero-order valence-electron chi connectivity index (χ0n) is 12.8. The van der Waals surface area contributed by atoms with E-state index in [4.69, 9.17) is 9.47 Å². The molecule has 0 rings (SSSR count). The van der Waals surface area contributed by atoms with Crippen molar-refractivity contribution in [3.63, 3.8) is 0 Å². The minimum absolute atomic E-state index is 0.176. The van der Waals surface area contributed by atoms with Crippen molar-refractivity contribution in [1.29, 1.82) is 0 Å². The molecular weight excluding hydrogens is 244 g/mol. The molecule has 0 aromatic heterocycles. The van der Waals surface area contributed by atoms with E-state index in [9.17, 15) is 9.59 Å². The fraction of sp³-hybridized carbons (Fsp3) is 0.867. The third kappa shape index (κ3) is 8.62. The average molecular weight is 272 g/mol. The van der Waals surface area contributed by atoms with Gasteiger partial charge in [-0.2, -0.15) is 0 Å². The summed E-state index contributed by atoms with van der Waals surface area (Å²) in [6.07, 6.45) is 4.29. The average Bonchev–Trinajstić information content (AvgIpc) is 2.36. The molecular formula is C15H28O4.